The summed E-state index contributed by atoms with van der Waals surface area (Å²) in [6.45, 7) is 2.18. The van der Waals surface area contributed by atoms with Crippen molar-refractivity contribution in [2.75, 3.05) is 0 Å². The minimum atomic E-state index is -3.71. The summed E-state index contributed by atoms with van der Waals surface area (Å²) in [5, 5.41) is 9.90. The zero-order valence-corrected chi connectivity index (χ0v) is 21.2. The number of hydrogen-bond donors (Lipinski definition) is 1. The Hall–Kier alpha value is -2.96. The number of carbonyl (C=O) groups is 3. The number of halogens is 3. The molecule has 36 heavy (non-hydrogen) atoms. The van der Waals surface area contributed by atoms with Gasteiger partial charge in [-0.05, 0) is 77.9 Å². The molecule has 1 saturated heterocycles. The number of ether oxygens (including phenoxy) is 4. The third kappa shape index (κ3) is 4.27. The topological polar surface area (TPSA) is 108 Å². The Bertz CT molecular complexity index is 1220. The highest BCUT2D eigenvalue weighted by molar-refractivity contribution is 14.1. The Kier molecular flexibility index (Phi) is 6.08. The van der Waals surface area contributed by atoms with Crippen LogP contribution in [0.2, 0.25) is 0 Å². The van der Waals surface area contributed by atoms with Gasteiger partial charge < -0.3 is 24.1 Å². The van der Waals surface area contributed by atoms with Gasteiger partial charge in [0.05, 0.1) is 15.4 Å². The van der Waals surface area contributed by atoms with Gasteiger partial charge in [0.1, 0.15) is 35.2 Å². The van der Waals surface area contributed by atoms with E-state index in [9.17, 15) is 28.3 Å². The first-order valence-electron chi connectivity index (χ1n) is 11.2. The van der Waals surface area contributed by atoms with E-state index in [0.717, 1.165) is 0 Å². The van der Waals surface area contributed by atoms with E-state index in [-0.39, 0.29) is 11.5 Å². The summed E-state index contributed by atoms with van der Waals surface area (Å²) in [6.07, 6.45) is -1.61. The lowest BCUT2D eigenvalue weighted by Crippen LogP contribution is -2.46. The van der Waals surface area contributed by atoms with E-state index in [1.807, 2.05) is 22.6 Å². The minimum Gasteiger partial charge on any atom is -0.507 e. The van der Waals surface area contributed by atoms with Crippen molar-refractivity contribution in [2.45, 2.75) is 38.4 Å². The number of rotatable bonds is 6. The molecule has 190 valence electrons. The third-order valence-electron chi connectivity index (χ3n) is 6.93. The number of carbonyl (C=O) groups excluding carboxylic acids is 3. The van der Waals surface area contributed by atoms with Crippen LogP contribution in [0.15, 0.2) is 36.4 Å². The molecule has 0 amide bonds. The van der Waals surface area contributed by atoms with Crippen LogP contribution < -0.4 is 9.47 Å². The first-order valence-corrected chi connectivity index (χ1v) is 12.3. The van der Waals surface area contributed by atoms with Crippen molar-refractivity contribution in [2.24, 2.45) is 23.7 Å². The molecule has 11 heteroatoms. The zero-order valence-electron chi connectivity index (χ0n) is 19.1. The van der Waals surface area contributed by atoms with Crippen LogP contribution >= 0.6 is 22.6 Å². The maximum Gasteiger partial charge on any atom is 0.377 e. The highest BCUT2D eigenvalue weighted by Gasteiger charge is 2.70. The molecule has 2 aliphatic carbocycles. The van der Waals surface area contributed by atoms with Crippen LogP contribution in [0.25, 0.3) is 0 Å². The van der Waals surface area contributed by atoms with Gasteiger partial charge in [-0.15, -0.1) is 0 Å². The molecule has 0 radical (unpaired) electrons. The lowest BCUT2D eigenvalue weighted by Gasteiger charge is -2.30. The van der Waals surface area contributed by atoms with Crippen LogP contribution in [-0.2, 0) is 23.9 Å². The summed E-state index contributed by atoms with van der Waals surface area (Å²) in [7, 11) is 0. The van der Waals surface area contributed by atoms with E-state index >= 15 is 0 Å². The van der Waals surface area contributed by atoms with E-state index in [4.69, 9.17) is 18.9 Å². The normalized spacial score (nSPS) is 28.1. The number of fused-ring (bicyclic) bond motifs is 1. The molecular weight excluding hydrogens is 593 g/mol. The van der Waals surface area contributed by atoms with Crippen LogP contribution in [0.1, 0.15) is 18.9 Å². The molecule has 5 rings (SSSR count). The van der Waals surface area contributed by atoms with Gasteiger partial charge in [-0.2, -0.15) is 8.78 Å². The molecule has 1 aliphatic heterocycles. The van der Waals surface area contributed by atoms with Crippen LogP contribution in [-0.4, -0.2) is 41.1 Å². The third-order valence-corrected chi connectivity index (χ3v) is 7.75. The van der Waals surface area contributed by atoms with Crippen LogP contribution in [0.5, 0.6) is 23.0 Å². The number of aromatic hydroxyl groups is 1. The van der Waals surface area contributed by atoms with Gasteiger partial charge in [0.15, 0.2) is 0 Å². The van der Waals surface area contributed by atoms with E-state index in [1.165, 1.54) is 12.1 Å². The van der Waals surface area contributed by atoms with Crippen molar-refractivity contribution in [3.8, 4) is 23.0 Å². The maximum atomic E-state index is 13.4. The fraction of sp³-hybridized carbons (Fsp3) is 0.400. The van der Waals surface area contributed by atoms with Gasteiger partial charge in [-0.1, -0.05) is 0 Å². The molecule has 2 aromatic rings. The summed E-state index contributed by atoms with van der Waals surface area (Å²) in [5.41, 5.74) is 0.660. The van der Waals surface area contributed by atoms with Crippen molar-refractivity contribution in [3.05, 3.63) is 45.5 Å². The Morgan fingerprint density at radius 1 is 1.11 bits per heavy atom. The van der Waals surface area contributed by atoms with Gasteiger partial charge >= 0.3 is 23.8 Å². The number of benzene rings is 2. The van der Waals surface area contributed by atoms with Crippen molar-refractivity contribution in [1.82, 2.24) is 0 Å². The molecule has 8 nitrogen and oxygen atoms in total. The van der Waals surface area contributed by atoms with Gasteiger partial charge in [0, 0.05) is 18.8 Å². The molecule has 1 N–H and O–H groups in total. The first-order chi connectivity index (χ1) is 16.9. The number of esters is 3. The molecule has 3 fully saturated rings. The lowest BCUT2D eigenvalue weighted by molar-refractivity contribution is -0.185. The van der Waals surface area contributed by atoms with Crippen molar-refractivity contribution >= 4 is 40.5 Å². The Morgan fingerprint density at radius 3 is 2.42 bits per heavy atom. The molecule has 2 aromatic carbocycles. The van der Waals surface area contributed by atoms with E-state index in [1.54, 1.807) is 31.2 Å². The molecule has 2 saturated carbocycles. The molecule has 6 atom stereocenters. The molecule has 3 aliphatic rings. The van der Waals surface area contributed by atoms with E-state index in [2.05, 4.69) is 0 Å². The Labute approximate surface area is 218 Å². The second-order valence-electron chi connectivity index (χ2n) is 9.34. The second-order valence-corrected chi connectivity index (χ2v) is 10.5. The van der Waals surface area contributed by atoms with Crippen molar-refractivity contribution in [3.63, 3.8) is 0 Å². The first kappa shape index (κ1) is 24.7. The number of phenolic OH excluding ortho intramolecular Hbond substituents is 1. The van der Waals surface area contributed by atoms with Crippen molar-refractivity contribution < 1.29 is 47.2 Å². The fourth-order valence-electron chi connectivity index (χ4n) is 5.36. The number of hydrogen-bond acceptors (Lipinski definition) is 8. The van der Waals surface area contributed by atoms with Crippen LogP contribution in [0.4, 0.5) is 8.78 Å². The Morgan fingerprint density at radius 2 is 1.78 bits per heavy atom. The monoisotopic (exact) mass is 614 g/mol. The van der Waals surface area contributed by atoms with Crippen molar-refractivity contribution in [1.29, 1.82) is 0 Å². The summed E-state index contributed by atoms with van der Waals surface area (Å²) < 4.78 is 49.1. The number of aryl methyl sites for hydroxylation is 1. The molecular formula is C25H21F2IO8. The second kappa shape index (κ2) is 8.86. The zero-order chi connectivity index (χ0) is 25.9. The molecule has 0 aromatic heterocycles. The van der Waals surface area contributed by atoms with Gasteiger partial charge in [-0.25, -0.2) is 4.79 Å². The van der Waals surface area contributed by atoms with Gasteiger partial charge in [0.2, 0.25) is 0 Å². The van der Waals surface area contributed by atoms with E-state index < -0.39 is 59.7 Å². The summed E-state index contributed by atoms with van der Waals surface area (Å²) >= 11 is 2.00. The molecule has 6 unspecified atom stereocenters. The smallest absolute Gasteiger partial charge is 0.377 e. The average Bonchev–Trinajstić information content (AvgIpc) is 3.42. The predicted octanol–water partition coefficient (Wildman–Crippen LogP) is 4.38. The molecule has 0 spiro atoms. The Balaban J connectivity index is 1.28. The quantitative estimate of drug-likeness (QED) is 0.291. The molecule has 2 bridgehead atoms. The standard InChI is InChI=1S/C25H21F2IO8/c1-10-7-13(8-16(28)19(10)29)33-11-3-5-12(6-4-11)34-22(30)17-15-9-14-18(17)23(31)35-20(14)21(15)36-24(32)25(2,26)27/h3-8,14-15,17-18,20-21,29H,9H2,1-2H3. The fourth-order valence-corrected chi connectivity index (χ4v) is 6.09. The number of phenols is 1. The van der Waals surface area contributed by atoms with E-state index in [0.29, 0.717) is 34.0 Å². The van der Waals surface area contributed by atoms with Crippen LogP contribution in [0, 0.1) is 34.2 Å². The van der Waals surface area contributed by atoms with Gasteiger partial charge in [0.25, 0.3) is 0 Å². The average molecular weight is 614 g/mol. The lowest BCUT2D eigenvalue weighted by atomic mass is 9.78. The summed E-state index contributed by atoms with van der Waals surface area (Å²) in [5.74, 6) is -8.17. The highest BCUT2D eigenvalue weighted by Crippen LogP contribution is 2.59. The largest absolute Gasteiger partial charge is 0.507 e. The molecule has 1 heterocycles. The minimum absolute atomic E-state index is 0.184. The van der Waals surface area contributed by atoms with Gasteiger partial charge in [-0.3, -0.25) is 9.59 Å². The SMILES string of the molecule is Cc1cc(Oc2ccc(OC(=O)C3C4CC5C(OC(=O)C53)C4OC(=O)C(C)(F)F)cc2)cc(I)c1O. The highest BCUT2D eigenvalue weighted by atomic mass is 127. The summed E-state index contributed by atoms with van der Waals surface area (Å²) in [6, 6.07) is 9.58. The summed E-state index contributed by atoms with van der Waals surface area (Å²) in [4.78, 5) is 37.3. The maximum absolute atomic E-state index is 13.4. The predicted molar refractivity (Wildman–Crippen MR) is 127 cm³/mol. The van der Waals surface area contributed by atoms with Crippen LogP contribution in [0.3, 0.4) is 0 Å². The number of alkyl halides is 2.